The number of aryl methyl sites for hydroxylation is 1. The highest BCUT2D eigenvalue weighted by Crippen LogP contribution is 2.46. The summed E-state index contributed by atoms with van der Waals surface area (Å²) >= 11 is 1.42. The average Bonchev–Trinajstić information content (AvgIpc) is 3.45. The lowest BCUT2D eigenvalue weighted by Gasteiger charge is -2.30. The number of hydrogen-bond acceptors (Lipinski definition) is 4. The number of ether oxygens (including phenoxy) is 1. The Labute approximate surface area is 217 Å². The summed E-state index contributed by atoms with van der Waals surface area (Å²) in [4.78, 5) is 19.1. The van der Waals surface area contributed by atoms with Crippen molar-refractivity contribution in [2.45, 2.75) is 12.8 Å². The molecule has 178 valence electrons. The number of thiazole rings is 1. The fourth-order valence-electron chi connectivity index (χ4n) is 5.11. The Bertz CT molecular complexity index is 1930. The molecule has 37 heavy (non-hydrogen) atoms. The number of nitrogens with zero attached hydrogens (tertiary/aromatic N) is 2. The molecule has 0 saturated carbocycles. The predicted molar refractivity (Wildman–Crippen MR) is 150 cm³/mol. The second-order valence-electron chi connectivity index (χ2n) is 9.27. The Hall–Kier alpha value is -4.48. The summed E-state index contributed by atoms with van der Waals surface area (Å²) in [5.41, 5.74) is 6.96. The van der Waals surface area contributed by atoms with Crippen molar-refractivity contribution in [3.63, 3.8) is 0 Å². The largest absolute Gasteiger partial charge is 0.456 e. The van der Waals surface area contributed by atoms with Gasteiger partial charge in [-0.05, 0) is 36.8 Å². The summed E-state index contributed by atoms with van der Waals surface area (Å²) in [6.07, 6.45) is 2.01. The Balaban J connectivity index is 1.54. The molecular weight excluding hydrogens is 476 g/mol. The van der Waals surface area contributed by atoms with E-state index in [0.717, 1.165) is 44.8 Å². The molecule has 0 aliphatic carbocycles. The van der Waals surface area contributed by atoms with E-state index < -0.39 is 0 Å². The monoisotopic (exact) mass is 498 g/mol. The smallest absolute Gasteiger partial charge is 0.274 e. The third-order valence-corrected chi connectivity index (χ3v) is 7.86. The van der Waals surface area contributed by atoms with Crippen molar-refractivity contribution in [2.75, 3.05) is 0 Å². The lowest BCUT2D eigenvalue weighted by Crippen LogP contribution is -2.24. The van der Waals surface area contributed by atoms with Gasteiger partial charge in [-0.25, -0.2) is 9.38 Å². The Morgan fingerprint density at radius 1 is 0.865 bits per heavy atom. The normalized spacial score (nSPS) is 15.8. The molecule has 0 N–H and O–H groups in total. The zero-order valence-electron chi connectivity index (χ0n) is 20.1. The Morgan fingerprint density at radius 2 is 1.59 bits per heavy atom. The van der Waals surface area contributed by atoms with Gasteiger partial charge in [-0.15, -0.1) is 0 Å². The number of imidazole rings is 1. The average molecular weight is 499 g/mol. The van der Waals surface area contributed by atoms with Gasteiger partial charge >= 0.3 is 0 Å². The van der Waals surface area contributed by atoms with Crippen LogP contribution in [0.2, 0.25) is 0 Å². The number of fused-ring (bicyclic) bond motifs is 4. The lowest BCUT2D eigenvalue weighted by molar-refractivity contribution is 0.488. The molecule has 0 amide bonds. The molecule has 3 heterocycles. The van der Waals surface area contributed by atoms with Gasteiger partial charge in [-0.3, -0.25) is 4.79 Å². The first-order chi connectivity index (χ1) is 18.2. The molecule has 5 heteroatoms. The quantitative estimate of drug-likeness (QED) is 0.285. The molecule has 1 aliphatic rings. The number of hydrogen-bond donors (Lipinski definition) is 0. The van der Waals surface area contributed by atoms with Gasteiger partial charge in [0.1, 0.15) is 11.5 Å². The van der Waals surface area contributed by atoms with E-state index in [0.29, 0.717) is 9.49 Å². The van der Waals surface area contributed by atoms with Crippen molar-refractivity contribution >= 4 is 39.2 Å². The summed E-state index contributed by atoms with van der Waals surface area (Å²) < 4.78 is 8.92. The van der Waals surface area contributed by atoms with E-state index in [2.05, 4.69) is 49.4 Å². The van der Waals surface area contributed by atoms with Crippen LogP contribution in [-0.4, -0.2) is 9.38 Å². The topological polar surface area (TPSA) is 43.6 Å². The van der Waals surface area contributed by atoms with Crippen LogP contribution < -0.4 is 14.8 Å². The molecule has 4 aromatic carbocycles. The second-order valence-corrected chi connectivity index (χ2v) is 10.3. The summed E-state index contributed by atoms with van der Waals surface area (Å²) in [5, 5.41) is 0. The van der Waals surface area contributed by atoms with Crippen molar-refractivity contribution in [3.8, 4) is 5.75 Å². The molecule has 1 aliphatic heterocycles. The van der Waals surface area contributed by atoms with Crippen LogP contribution in [-0.2, 0) is 0 Å². The summed E-state index contributed by atoms with van der Waals surface area (Å²) in [6, 6.07) is 34.7. The number of para-hydroxylation sites is 3. The van der Waals surface area contributed by atoms with Crippen molar-refractivity contribution in [2.24, 2.45) is 0 Å². The van der Waals surface area contributed by atoms with Crippen LogP contribution in [0.4, 0.5) is 0 Å². The van der Waals surface area contributed by atoms with E-state index in [1.165, 1.54) is 16.9 Å². The molecule has 0 unspecified atom stereocenters. The molecule has 0 radical (unpaired) electrons. The Morgan fingerprint density at radius 3 is 2.43 bits per heavy atom. The SMILES string of the molecule is Cc1ccc([C@@H]2C(C=c3sc4nc5ccccc5n4c3=O)=C(c3ccccc3)Oc3ccccc32)cc1. The van der Waals surface area contributed by atoms with E-state index in [1.54, 1.807) is 4.40 Å². The maximum atomic E-state index is 13.7. The van der Waals surface area contributed by atoms with Gasteiger partial charge in [0.2, 0.25) is 0 Å². The fraction of sp³-hybridized carbons (Fsp3) is 0.0625. The lowest BCUT2D eigenvalue weighted by atomic mass is 9.81. The van der Waals surface area contributed by atoms with Crippen LogP contribution in [0.3, 0.4) is 0 Å². The standard InChI is InChI=1S/C32H22N2O2S/c1-20-15-17-21(18-16-20)29-23-11-5-8-14-27(23)36-30(22-9-3-2-4-10-22)24(29)19-28-31(35)34-26-13-7-6-12-25(26)33-32(34)37-28/h2-19,29H,1H3/t29-/m0/s1. The number of allylic oxidation sites excluding steroid dienone is 1. The van der Waals surface area contributed by atoms with Crippen molar-refractivity contribution in [1.82, 2.24) is 9.38 Å². The zero-order chi connectivity index (χ0) is 24.9. The maximum absolute atomic E-state index is 13.7. The van der Waals surface area contributed by atoms with Gasteiger partial charge in [0.25, 0.3) is 5.56 Å². The molecule has 6 aromatic rings. The minimum absolute atomic E-state index is 0.0601. The Kier molecular flexibility index (Phi) is 5.05. The molecule has 1 atom stereocenters. The number of rotatable bonds is 3. The van der Waals surface area contributed by atoms with Crippen LogP contribution in [0.15, 0.2) is 113 Å². The molecular formula is C32H22N2O2S. The molecule has 2 aromatic heterocycles. The molecule has 4 nitrogen and oxygen atoms in total. The van der Waals surface area contributed by atoms with Gasteiger partial charge in [-0.2, -0.15) is 0 Å². The predicted octanol–water partition coefficient (Wildman–Crippen LogP) is 6.35. The van der Waals surface area contributed by atoms with Crippen molar-refractivity contribution in [3.05, 3.63) is 146 Å². The van der Waals surface area contributed by atoms with E-state index in [1.807, 2.05) is 66.7 Å². The minimum Gasteiger partial charge on any atom is -0.456 e. The van der Waals surface area contributed by atoms with Gasteiger partial charge in [0.05, 0.1) is 15.6 Å². The van der Waals surface area contributed by atoms with Crippen molar-refractivity contribution < 1.29 is 4.74 Å². The zero-order valence-corrected chi connectivity index (χ0v) is 20.9. The highest BCUT2D eigenvalue weighted by Gasteiger charge is 2.31. The van der Waals surface area contributed by atoms with Gasteiger partial charge < -0.3 is 4.74 Å². The van der Waals surface area contributed by atoms with E-state index in [-0.39, 0.29) is 11.5 Å². The first kappa shape index (κ1) is 21.8. The maximum Gasteiger partial charge on any atom is 0.274 e. The van der Waals surface area contributed by atoms with E-state index in [9.17, 15) is 4.79 Å². The summed E-state index contributed by atoms with van der Waals surface area (Å²) in [5.74, 6) is 1.50. The summed E-state index contributed by atoms with van der Waals surface area (Å²) in [7, 11) is 0. The first-order valence-electron chi connectivity index (χ1n) is 12.2. The van der Waals surface area contributed by atoms with E-state index >= 15 is 0 Å². The number of benzene rings is 4. The number of aromatic nitrogens is 2. The van der Waals surface area contributed by atoms with Gasteiger partial charge in [0, 0.05) is 22.6 Å². The van der Waals surface area contributed by atoms with Crippen molar-refractivity contribution in [1.29, 1.82) is 0 Å². The fourth-order valence-corrected chi connectivity index (χ4v) is 6.09. The highest BCUT2D eigenvalue weighted by molar-refractivity contribution is 7.15. The third kappa shape index (κ3) is 3.59. The second kappa shape index (κ2) is 8.57. The highest BCUT2D eigenvalue weighted by atomic mass is 32.1. The van der Waals surface area contributed by atoms with E-state index in [4.69, 9.17) is 9.72 Å². The van der Waals surface area contributed by atoms with Crippen LogP contribution in [0, 0.1) is 6.92 Å². The summed E-state index contributed by atoms with van der Waals surface area (Å²) in [6.45, 7) is 2.09. The van der Waals surface area contributed by atoms with Gasteiger partial charge in [0.15, 0.2) is 4.96 Å². The van der Waals surface area contributed by atoms with Crippen LogP contribution in [0.1, 0.15) is 28.2 Å². The molecule has 0 spiro atoms. The molecule has 0 bridgehead atoms. The molecule has 7 rings (SSSR count). The van der Waals surface area contributed by atoms with Crippen LogP contribution >= 0.6 is 11.3 Å². The molecule has 0 fully saturated rings. The van der Waals surface area contributed by atoms with Gasteiger partial charge in [-0.1, -0.05) is 102 Å². The van der Waals surface area contributed by atoms with Crippen LogP contribution in [0.25, 0.3) is 27.8 Å². The van der Waals surface area contributed by atoms with Crippen LogP contribution in [0.5, 0.6) is 5.75 Å². The third-order valence-electron chi connectivity index (χ3n) is 6.89. The minimum atomic E-state index is -0.0914. The first-order valence-corrected chi connectivity index (χ1v) is 13.0. The molecule has 0 saturated heterocycles.